The maximum Gasteiger partial charge on any atom is 0.392 e. The Labute approximate surface area is 57.7 Å². The number of nitrogens with zero attached hydrogens (tertiary/aromatic N) is 1. The molecule has 1 rings (SSSR count). The highest BCUT2D eigenvalue weighted by atomic mass is 16.6. The third-order valence-corrected chi connectivity index (χ3v) is 1.74. The zero-order valence-corrected chi connectivity index (χ0v) is 5.36. The SMILES string of the molecule is O=C(O)C(O)[N+]1([O-])CCC1. The second-order valence-corrected chi connectivity index (χ2v) is 2.47. The first-order valence-electron chi connectivity index (χ1n) is 3.05. The molecule has 0 amide bonds. The van der Waals surface area contributed by atoms with E-state index in [0.29, 0.717) is 6.42 Å². The number of aliphatic hydroxyl groups excluding tert-OH is 1. The van der Waals surface area contributed by atoms with Crippen molar-refractivity contribution in [3.05, 3.63) is 5.21 Å². The van der Waals surface area contributed by atoms with Crippen molar-refractivity contribution in [2.75, 3.05) is 13.1 Å². The van der Waals surface area contributed by atoms with E-state index in [1.807, 2.05) is 0 Å². The quantitative estimate of drug-likeness (QED) is 0.392. The molecule has 1 fully saturated rings. The largest absolute Gasteiger partial charge is 0.630 e. The molecule has 0 aromatic heterocycles. The minimum Gasteiger partial charge on any atom is -0.630 e. The molecule has 0 spiro atoms. The summed E-state index contributed by atoms with van der Waals surface area (Å²) < 4.78 is -0.977. The third kappa shape index (κ3) is 0.985. The summed E-state index contributed by atoms with van der Waals surface area (Å²) in [5, 5.41) is 28.0. The average Bonchev–Trinajstić information content (AvgIpc) is 1.81. The molecule has 0 saturated carbocycles. The number of carboxylic acid groups (broad SMARTS) is 1. The van der Waals surface area contributed by atoms with Crippen molar-refractivity contribution in [3.63, 3.8) is 0 Å². The van der Waals surface area contributed by atoms with Gasteiger partial charge in [0.1, 0.15) is 0 Å². The summed E-state index contributed by atoms with van der Waals surface area (Å²) in [5.74, 6) is -1.44. The van der Waals surface area contributed by atoms with Crippen LogP contribution in [0.1, 0.15) is 6.42 Å². The van der Waals surface area contributed by atoms with Crippen LogP contribution in [0.25, 0.3) is 0 Å². The van der Waals surface area contributed by atoms with Gasteiger partial charge in [0.2, 0.25) is 0 Å². The lowest BCUT2D eigenvalue weighted by molar-refractivity contribution is -0.952. The minimum atomic E-state index is -1.78. The number of hydrogen-bond acceptors (Lipinski definition) is 3. The van der Waals surface area contributed by atoms with Crippen LogP contribution >= 0.6 is 0 Å². The van der Waals surface area contributed by atoms with Crippen molar-refractivity contribution >= 4 is 5.97 Å². The maximum absolute atomic E-state index is 11.0. The van der Waals surface area contributed by atoms with E-state index in [0.717, 1.165) is 0 Å². The molecule has 1 aliphatic rings. The standard InChI is InChI=1S/C5H9NO4/c7-4(5(8)9)6(10)2-1-3-6/h4,7H,1-3H2,(H,8,9). The number of aliphatic carboxylic acids is 1. The first-order chi connectivity index (χ1) is 4.56. The normalized spacial score (nSPS) is 25.0. The first kappa shape index (κ1) is 7.46. The lowest BCUT2D eigenvalue weighted by atomic mass is 10.2. The van der Waals surface area contributed by atoms with Gasteiger partial charge < -0.3 is 20.1 Å². The molecule has 1 unspecified atom stereocenters. The Morgan fingerprint density at radius 1 is 1.60 bits per heavy atom. The molecule has 0 aliphatic carbocycles. The maximum atomic E-state index is 11.0. The third-order valence-electron chi connectivity index (χ3n) is 1.74. The summed E-state index contributed by atoms with van der Waals surface area (Å²) in [6.07, 6.45) is -1.08. The van der Waals surface area contributed by atoms with Gasteiger partial charge in [-0.1, -0.05) is 0 Å². The first-order valence-corrected chi connectivity index (χ1v) is 3.05. The van der Waals surface area contributed by atoms with Gasteiger partial charge in [-0.3, -0.25) is 0 Å². The monoisotopic (exact) mass is 147 g/mol. The molecule has 0 bridgehead atoms. The highest BCUT2D eigenvalue weighted by Crippen LogP contribution is 2.20. The molecule has 1 saturated heterocycles. The van der Waals surface area contributed by atoms with E-state index in [1.165, 1.54) is 0 Å². The summed E-state index contributed by atoms with van der Waals surface area (Å²) in [5.41, 5.74) is 0. The fourth-order valence-electron chi connectivity index (χ4n) is 0.916. The minimum absolute atomic E-state index is 0.216. The van der Waals surface area contributed by atoms with Gasteiger partial charge in [0.15, 0.2) is 0 Å². The Hall–Kier alpha value is -0.650. The van der Waals surface area contributed by atoms with E-state index >= 15 is 0 Å². The molecule has 2 N–H and O–H groups in total. The molecule has 5 nitrogen and oxygen atoms in total. The van der Waals surface area contributed by atoms with Crippen LogP contribution in [-0.4, -0.2) is 40.1 Å². The number of quaternary nitrogens is 1. The van der Waals surface area contributed by atoms with E-state index in [2.05, 4.69) is 0 Å². The van der Waals surface area contributed by atoms with Gasteiger partial charge in [0, 0.05) is 6.42 Å². The Balaban J connectivity index is 2.54. The molecule has 1 heterocycles. The van der Waals surface area contributed by atoms with Gasteiger partial charge in [-0.15, -0.1) is 0 Å². The number of rotatable bonds is 2. The molecule has 1 aliphatic heterocycles. The zero-order valence-electron chi connectivity index (χ0n) is 5.36. The van der Waals surface area contributed by atoms with Crippen LogP contribution < -0.4 is 0 Å². The van der Waals surface area contributed by atoms with Crippen molar-refractivity contribution < 1.29 is 19.7 Å². The van der Waals surface area contributed by atoms with Crippen LogP contribution in [0.5, 0.6) is 0 Å². The topological polar surface area (TPSA) is 80.6 Å². The van der Waals surface area contributed by atoms with Crippen LogP contribution in [0.15, 0.2) is 0 Å². The number of likely N-dealkylation sites (tertiary alicyclic amines) is 1. The molecule has 0 aromatic rings. The summed E-state index contributed by atoms with van der Waals surface area (Å²) in [6.45, 7) is 0.431. The van der Waals surface area contributed by atoms with E-state index in [9.17, 15) is 10.0 Å². The van der Waals surface area contributed by atoms with Crippen LogP contribution in [0.4, 0.5) is 0 Å². The van der Waals surface area contributed by atoms with Gasteiger partial charge in [-0.05, 0) is 0 Å². The Morgan fingerprint density at radius 3 is 2.20 bits per heavy atom. The number of carbonyl (C=O) groups is 1. The smallest absolute Gasteiger partial charge is 0.392 e. The van der Waals surface area contributed by atoms with E-state index in [4.69, 9.17) is 10.2 Å². The molecule has 1 atom stereocenters. The molecule has 0 radical (unpaired) electrons. The molecule has 5 heteroatoms. The van der Waals surface area contributed by atoms with Crippen LogP contribution in [0.2, 0.25) is 0 Å². The summed E-state index contributed by atoms with van der Waals surface area (Å²) in [6, 6.07) is 0. The van der Waals surface area contributed by atoms with E-state index < -0.39 is 16.8 Å². The predicted octanol–water partition coefficient (Wildman–Crippen LogP) is -0.892. The lowest BCUT2D eigenvalue weighted by Gasteiger charge is -2.50. The highest BCUT2D eigenvalue weighted by molar-refractivity contribution is 5.70. The Bertz CT molecular complexity index is 154. The summed E-state index contributed by atoms with van der Waals surface area (Å²) in [7, 11) is 0. The van der Waals surface area contributed by atoms with E-state index in [1.54, 1.807) is 0 Å². The van der Waals surface area contributed by atoms with Crippen LogP contribution in [0, 0.1) is 5.21 Å². The Kier molecular flexibility index (Phi) is 1.63. The number of hydroxylamine groups is 3. The molecular formula is C5H9NO4. The highest BCUT2D eigenvalue weighted by Gasteiger charge is 2.38. The molecular weight excluding hydrogens is 138 g/mol. The molecule has 58 valence electrons. The number of carboxylic acids is 1. The lowest BCUT2D eigenvalue weighted by Crippen LogP contribution is -2.62. The van der Waals surface area contributed by atoms with Gasteiger partial charge in [0.25, 0.3) is 6.23 Å². The molecule has 0 aromatic carbocycles. The van der Waals surface area contributed by atoms with Crippen molar-refractivity contribution in [2.24, 2.45) is 0 Å². The van der Waals surface area contributed by atoms with Crippen molar-refractivity contribution in [1.82, 2.24) is 0 Å². The second kappa shape index (κ2) is 2.19. The number of hydrogen-bond donors (Lipinski definition) is 2. The fourth-order valence-corrected chi connectivity index (χ4v) is 0.916. The van der Waals surface area contributed by atoms with Gasteiger partial charge in [-0.2, -0.15) is 0 Å². The Morgan fingerprint density at radius 2 is 2.10 bits per heavy atom. The average molecular weight is 147 g/mol. The zero-order chi connectivity index (χ0) is 7.78. The van der Waals surface area contributed by atoms with Gasteiger partial charge in [0.05, 0.1) is 13.1 Å². The van der Waals surface area contributed by atoms with Crippen molar-refractivity contribution in [1.29, 1.82) is 0 Å². The summed E-state index contributed by atoms with van der Waals surface area (Å²) in [4.78, 5) is 10.1. The van der Waals surface area contributed by atoms with Crippen molar-refractivity contribution in [3.8, 4) is 0 Å². The number of aliphatic hydroxyl groups is 1. The van der Waals surface area contributed by atoms with Gasteiger partial charge in [-0.25, -0.2) is 4.79 Å². The van der Waals surface area contributed by atoms with E-state index in [-0.39, 0.29) is 13.1 Å². The summed E-state index contributed by atoms with van der Waals surface area (Å²) >= 11 is 0. The fraction of sp³-hybridized carbons (Fsp3) is 0.800. The van der Waals surface area contributed by atoms with Crippen LogP contribution in [0.3, 0.4) is 0 Å². The second-order valence-electron chi connectivity index (χ2n) is 2.47. The van der Waals surface area contributed by atoms with Gasteiger partial charge >= 0.3 is 5.97 Å². The van der Waals surface area contributed by atoms with Crippen molar-refractivity contribution in [2.45, 2.75) is 12.6 Å². The van der Waals surface area contributed by atoms with Crippen LogP contribution in [-0.2, 0) is 4.79 Å². The molecule has 10 heavy (non-hydrogen) atoms. The predicted molar refractivity (Wildman–Crippen MR) is 31.6 cm³/mol.